The number of benzene rings is 3. The van der Waals surface area contributed by atoms with Crippen molar-refractivity contribution in [3.8, 4) is 11.5 Å². The summed E-state index contributed by atoms with van der Waals surface area (Å²) in [6.45, 7) is 0.178. The fourth-order valence-electron chi connectivity index (χ4n) is 4.45. The van der Waals surface area contributed by atoms with Crippen molar-refractivity contribution in [2.24, 2.45) is 5.92 Å². The second-order valence-electron chi connectivity index (χ2n) is 7.80. The number of hydrogen-bond donors (Lipinski definition) is 1. The minimum absolute atomic E-state index is 0.0769. The van der Waals surface area contributed by atoms with E-state index in [2.05, 4.69) is 0 Å². The smallest absolute Gasteiger partial charge is 0.262 e. The highest BCUT2D eigenvalue weighted by molar-refractivity contribution is 6.07. The number of likely N-dealkylation sites (tertiary alicyclic amines) is 1. The number of imide groups is 1. The molecule has 7 nitrogen and oxygen atoms in total. The largest absolute Gasteiger partial charge is 0.504 e. The number of anilines is 1. The zero-order valence-corrected chi connectivity index (χ0v) is 17.4. The summed E-state index contributed by atoms with van der Waals surface area (Å²) in [6.07, 6.45) is -0.970. The topological polar surface area (TPSA) is 79.3 Å². The molecule has 32 heavy (non-hydrogen) atoms. The van der Waals surface area contributed by atoms with Crippen LogP contribution in [0.3, 0.4) is 0 Å². The average Bonchev–Trinajstić information content (AvgIpc) is 3.32. The van der Waals surface area contributed by atoms with Crippen LogP contribution in [0.4, 0.5) is 5.69 Å². The van der Waals surface area contributed by atoms with Gasteiger partial charge in [-0.1, -0.05) is 60.7 Å². The van der Waals surface area contributed by atoms with Crippen molar-refractivity contribution in [2.75, 3.05) is 12.2 Å². The van der Waals surface area contributed by atoms with Crippen LogP contribution >= 0.6 is 0 Å². The summed E-state index contributed by atoms with van der Waals surface area (Å²) in [7, 11) is 1.47. The van der Waals surface area contributed by atoms with Crippen molar-refractivity contribution >= 4 is 17.5 Å². The molecule has 0 radical (unpaired) electrons. The number of fused-ring (bicyclic) bond motifs is 1. The van der Waals surface area contributed by atoms with Gasteiger partial charge in [-0.2, -0.15) is 0 Å². The third-order valence-electron chi connectivity index (χ3n) is 5.97. The maximum atomic E-state index is 13.5. The number of phenols is 1. The van der Waals surface area contributed by atoms with Gasteiger partial charge in [0.1, 0.15) is 12.0 Å². The van der Waals surface area contributed by atoms with Crippen LogP contribution in [0.15, 0.2) is 78.9 Å². The fraction of sp³-hybridized carbons (Fsp3) is 0.200. The van der Waals surface area contributed by atoms with Crippen molar-refractivity contribution in [3.63, 3.8) is 0 Å². The monoisotopic (exact) mass is 430 g/mol. The Balaban J connectivity index is 1.57. The predicted octanol–water partition coefficient (Wildman–Crippen LogP) is 3.45. The van der Waals surface area contributed by atoms with Gasteiger partial charge in [0.2, 0.25) is 5.91 Å². The van der Waals surface area contributed by atoms with E-state index < -0.39 is 18.1 Å². The third kappa shape index (κ3) is 3.18. The number of carbonyl (C=O) groups is 2. The second kappa shape index (κ2) is 8.01. The van der Waals surface area contributed by atoms with Gasteiger partial charge in [-0.25, -0.2) is 5.06 Å². The van der Waals surface area contributed by atoms with Crippen LogP contribution < -0.4 is 9.80 Å². The molecule has 2 saturated heterocycles. The Bertz CT molecular complexity index is 1150. The van der Waals surface area contributed by atoms with E-state index in [1.54, 1.807) is 23.3 Å². The summed E-state index contributed by atoms with van der Waals surface area (Å²) in [4.78, 5) is 34.1. The summed E-state index contributed by atoms with van der Waals surface area (Å²) in [5.41, 5.74) is 2.00. The first-order valence-corrected chi connectivity index (χ1v) is 10.4. The lowest BCUT2D eigenvalue weighted by Crippen LogP contribution is -2.37. The van der Waals surface area contributed by atoms with E-state index in [4.69, 9.17) is 9.57 Å². The zero-order valence-electron chi connectivity index (χ0n) is 17.4. The van der Waals surface area contributed by atoms with E-state index in [1.807, 2.05) is 60.7 Å². The fourth-order valence-corrected chi connectivity index (χ4v) is 4.45. The van der Waals surface area contributed by atoms with Crippen LogP contribution in [0.5, 0.6) is 11.5 Å². The van der Waals surface area contributed by atoms with Gasteiger partial charge in [0.15, 0.2) is 17.6 Å². The summed E-state index contributed by atoms with van der Waals surface area (Å²) in [6, 6.07) is 23.0. The first-order valence-electron chi connectivity index (χ1n) is 10.4. The summed E-state index contributed by atoms with van der Waals surface area (Å²) >= 11 is 0. The highest BCUT2D eigenvalue weighted by Crippen LogP contribution is 2.50. The molecule has 3 aromatic rings. The molecule has 5 rings (SSSR count). The van der Waals surface area contributed by atoms with Gasteiger partial charge in [-0.3, -0.25) is 19.3 Å². The second-order valence-corrected chi connectivity index (χ2v) is 7.80. The number of nitrogens with zero attached hydrogens (tertiary/aromatic N) is 2. The molecule has 3 aromatic carbocycles. The molecular weight excluding hydrogens is 408 g/mol. The lowest BCUT2D eigenvalue weighted by molar-refractivity contribution is -0.143. The molecule has 2 aliphatic heterocycles. The zero-order chi connectivity index (χ0) is 22.2. The van der Waals surface area contributed by atoms with Gasteiger partial charge in [0.25, 0.3) is 5.91 Å². The Morgan fingerprint density at radius 2 is 1.59 bits per heavy atom. The van der Waals surface area contributed by atoms with Crippen molar-refractivity contribution in [1.82, 2.24) is 4.90 Å². The van der Waals surface area contributed by atoms with Crippen molar-refractivity contribution < 1.29 is 24.3 Å². The number of amides is 2. The number of rotatable bonds is 5. The Labute approximate surface area is 185 Å². The normalized spacial score (nSPS) is 22.3. The number of carbonyl (C=O) groups excluding carboxylic acids is 2. The van der Waals surface area contributed by atoms with Crippen molar-refractivity contribution in [2.45, 2.75) is 18.7 Å². The number of methoxy groups -OCH3 is 1. The third-order valence-corrected chi connectivity index (χ3v) is 5.97. The molecular formula is C25H22N2O5. The van der Waals surface area contributed by atoms with E-state index in [-0.39, 0.29) is 29.9 Å². The van der Waals surface area contributed by atoms with E-state index in [0.29, 0.717) is 11.3 Å². The SMILES string of the molecule is COc1cccc([C@H]2[C@@H]3C(=O)N(Cc4ccccc4)C(=O)[C@H]3ON2c2ccccc2)c1O. The number of para-hydroxylation sites is 2. The van der Waals surface area contributed by atoms with Gasteiger partial charge < -0.3 is 9.84 Å². The summed E-state index contributed by atoms with van der Waals surface area (Å²) in [5, 5.41) is 12.4. The molecule has 7 heteroatoms. The van der Waals surface area contributed by atoms with Gasteiger partial charge in [-0.15, -0.1) is 0 Å². The van der Waals surface area contributed by atoms with Crippen LogP contribution in [0.1, 0.15) is 17.2 Å². The minimum Gasteiger partial charge on any atom is -0.504 e. The van der Waals surface area contributed by atoms with Crippen LogP contribution in [-0.2, 0) is 21.0 Å². The van der Waals surface area contributed by atoms with Gasteiger partial charge in [-0.05, 0) is 23.8 Å². The van der Waals surface area contributed by atoms with Crippen molar-refractivity contribution in [3.05, 3.63) is 90.0 Å². The molecule has 0 spiro atoms. The maximum Gasteiger partial charge on any atom is 0.262 e. The molecule has 0 saturated carbocycles. The van der Waals surface area contributed by atoms with Crippen LogP contribution in [0.25, 0.3) is 0 Å². The number of aromatic hydroxyl groups is 1. The van der Waals surface area contributed by atoms with Crippen LogP contribution in [-0.4, -0.2) is 35.0 Å². The molecule has 2 fully saturated rings. The van der Waals surface area contributed by atoms with Crippen LogP contribution in [0, 0.1) is 5.92 Å². The number of hydrogen-bond acceptors (Lipinski definition) is 6. The molecule has 2 amide bonds. The molecule has 3 atom stereocenters. The molecule has 2 aliphatic rings. The lowest BCUT2D eigenvalue weighted by atomic mass is 9.90. The summed E-state index contributed by atoms with van der Waals surface area (Å²) in [5.74, 6) is -1.29. The lowest BCUT2D eigenvalue weighted by Gasteiger charge is -2.29. The Kier molecular flexibility index (Phi) is 5.03. The highest BCUT2D eigenvalue weighted by Gasteiger charge is 2.60. The molecule has 162 valence electrons. The molecule has 1 N–H and O–H groups in total. The predicted molar refractivity (Wildman–Crippen MR) is 117 cm³/mol. The molecule has 2 heterocycles. The first-order chi connectivity index (χ1) is 15.6. The molecule has 0 aromatic heterocycles. The van der Waals surface area contributed by atoms with Gasteiger partial charge in [0, 0.05) is 5.56 Å². The van der Waals surface area contributed by atoms with E-state index in [0.717, 1.165) is 5.56 Å². The maximum absolute atomic E-state index is 13.5. The number of hydroxylamine groups is 1. The molecule has 0 unspecified atom stereocenters. The molecule has 0 bridgehead atoms. The molecule has 0 aliphatic carbocycles. The standard InChI is InChI=1S/C25H22N2O5/c1-31-19-14-8-13-18(22(19)28)21-20-23(32-27(21)17-11-6-3-7-12-17)25(30)26(24(20)29)15-16-9-4-2-5-10-16/h2-14,20-21,23,28H,15H2,1H3/t20-,21-,23-/m0/s1. The van der Waals surface area contributed by atoms with E-state index in [1.165, 1.54) is 12.0 Å². The highest BCUT2D eigenvalue weighted by atomic mass is 16.7. The number of phenolic OH excluding ortho intramolecular Hbond substituents is 1. The van der Waals surface area contributed by atoms with Gasteiger partial charge >= 0.3 is 0 Å². The summed E-state index contributed by atoms with van der Waals surface area (Å²) < 4.78 is 5.27. The van der Waals surface area contributed by atoms with E-state index in [9.17, 15) is 14.7 Å². The Morgan fingerprint density at radius 3 is 2.28 bits per heavy atom. The Hall–Kier alpha value is -3.84. The van der Waals surface area contributed by atoms with Crippen LogP contribution in [0.2, 0.25) is 0 Å². The quantitative estimate of drug-likeness (QED) is 0.625. The van der Waals surface area contributed by atoms with E-state index >= 15 is 0 Å². The minimum atomic E-state index is -0.970. The Morgan fingerprint density at radius 1 is 0.906 bits per heavy atom. The van der Waals surface area contributed by atoms with Crippen molar-refractivity contribution in [1.29, 1.82) is 0 Å². The number of ether oxygens (including phenoxy) is 1. The first kappa shape index (κ1) is 20.1. The average molecular weight is 430 g/mol. The van der Waals surface area contributed by atoms with Gasteiger partial charge in [0.05, 0.1) is 19.3 Å².